The van der Waals surface area contributed by atoms with E-state index >= 15 is 0 Å². The average molecular weight is 524 g/mol. The molecule has 0 radical (unpaired) electrons. The lowest BCUT2D eigenvalue weighted by molar-refractivity contribution is -0.468. The van der Waals surface area contributed by atoms with Gasteiger partial charge in [0.05, 0.1) is 12.6 Å². The van der Waals surface area contributed by atoms with Gasteiger partial charge in [0.15, 0.2) is 0 Å². The first kappa shape index (κ1) is 40.1. The Labute approximate surface area is 219 Å². The minimum atomic E-state index is -0.438. The van der Waals surface area contributed by atoms with Crippen molar-refractivity contribution >= 4 is 36.6 Å². The molecule has 0 aromatic carbocycles. The van der Waals surface area contributed by atoms with E-state index in [0.29, 0.717) is 18.2 Å². The molecule has 1 unspecified atom stereocenters. The third kappa shape index (κ3) is 33.1. The van der Waals surface area contributed by atoms with Gasteiger partial charge in [-0.1, -0.05) is 67.4 Å². The molecule has 2 atom stereocenters. The Morgan fingerprint density at radius 3 is 2.18 bits per heavy atom. The number of hydrogen-bond acceptors (Lipinski definition) is 7. The number of hydrogen-bond donors (Lipinski definition) is 2. The zero-order valence-corrected chi connectivity index (χ0v) is 24.8. The molecule has 0 aliphatic rings. The molecule has 34 heavy (non-hydrogen) atoms. The second-order valence-corrected chi connectivity index (χ2v) is 9.06. The van der Waals surface area contributed by atoms with Crippen LogP contribution in [-0.4, -0.2) is 72.5 Å². The Kier molecular flexibility index (Phi) is 37.7. The van der Waals surface area contributed by atoms with Gasteiger partial charge in [-0.3, -0.25) is 19.8 Å². The van der Waals surface area contributed by atoms with Gasteiger partial charge in [-0.05, 0) is 56.4 Å². The Morgan fingerprint density at radius 1 is 1.21 bits per heavy atom. The van der Waals surface area contributed by atoms with Crippen LogP contribution in [0.25, 0.3) is 0 Å². The predicted molar refractivity (Wildman–Crippen MR) is 154 cm³/mol. The Hall–Kier alpha value is -1.06. The maximum atomic E-state index is 12.0. The van der Waals surface area contributed by atoms with E-state index in [9.17, 15) is 19.7 Å². The molecular formula is C25H53N3O4S2. The fourth-order valence-corrected chi connectivity index (χ4v) is 3.82. The highest BCUT2D eigenvalue weighted by atomic mass is 32.2. The SMILES string of the molecule is C=CC[N+](=O)[O-].CC.CCCCC(CC)CSC[C@@H](C=O)NC(=O)CN(C)CCC(C)C.CS. The lowest BCUT2D eigenvalue weighted by atomic mass is 10.0. The van der Waals surface area contributed by atoms with Gasteiger partial charge in [0.25, 0.3) is 0 Å². The summed E-state index contributed by atoms with van der Waals surface area (Å²) in [7, 11) is 1.95. The van der Waals surface area contributed by atoms with Gasteiger partial charge in [0.1, 0.15) is 6.29 Å². The van der Waals surface area contributed by atoms with Crippen molar-refractivity contribution in [2.45, 2.75) is 79.7 Å². The van der Waals surface area contributed by atoms with E-state index in [1.54, 1.807) is 18.0 Å². The number of rotatable bonds is 17. The van der Waals surface area contributed by atoms with E-state index in [2.05, 4.69) is 52.2 Å². The van der Waals surface area contributed by atoms with Crippen LogP contribution in [0.2, 0.25) is 0 Å². The van der Waals surface area contributed by atoms with Gasteiger partial charge in [0.2, 0.25) is 12.5 Å². The molecule has 0 bridgehead atoms. The van der Waals surface area contributed by atoms with Crippen molar-refractivity contribution in [1.82, 2.24) is 10.2 Å². The third-order valence-corrected chi connectivity index (χ3v) is 5.79. The molecule has 0 aromatic heterocycles. The van der Waals surface area contributed by atoms with E-state index in [1.165, 1.54) is 31.8 Å². The molecule has 1 N–H and O–H groups in total. The molecule has 0 aliphatic carbocycles. The summed E-state index contributed by atoms with van der Waals surface area (Å²) in [5, 5.41) is 12.2. The molecule has 0 aliphatic heterocycles. The van der Waals surface area contributed by atoms with Crippen molar-refractivity contribution < 1.29 is 14.5 Å². The average Bonchev–Trinajstić information content (AvgIpc) is 2.82. The highest BCUT2D eigenvalue weighted by Crippen LogP contribution is 2.18. The first-order valence-corrected chi connectivity index (χ1v) is 14.4. The number of thioether (sulfide) groups is 1. The smallest absolute Gasteiger partial charge is 0.234 e. The van der Waals surface area contributed by atoms with Gasteiger partial charge in [-0.2, -0.15) is 24.4 Å². The van der Waals surface area contributed by atoms with Crippen LogP contribution in [0.1, 0.15) is 73.6 Å². The Morgan fingerprint density at radius 2 is 1.79 bits per heavy atom. The van der Waals surface area contributed by atoms with Crippen LogP contribution in [0.5, 0.6) is 0 Å². The fraction of sp³-hybridized carbons (Fsp3) is 0.840. The number of amides is 1. The van der Waals surface area contributed by atoms with Crippen molar-refractivity contribution in [2.75, 3.05) is 44.4 Å². The lowest BCUT2D eigenvalue weighted by Crippen LogP contribution is -2.43. The fourth-order valence-electron chi connectivity index (χ4n) is 2.54. The standard InChI is InChI=1S/C19H38N2O2S.C3H5NO2.C2H6.CH4S/c1-6-8-9-17(7-2)14-24-15-18(13-22)20-19(23)12-21(5)11-10-16(3)4;1-2-3-4(5)6;2*1-2/h13,16-18H,6-12,14-15H2,1-5H3,(H,20,23);2H,1,3H2;1-2H3;2H,1H3/t17?,18-;;;/m1.../s1. The summed E-state index contributed by atoms with van der Waals surface area (Å²) in [4.78, 5) is 34.2. The lowest BCUT2D eigenvalue weighted by Gasteiger charge is -2.20. The van der Waals surface area contributed by atoms with E-state index in [4.69, 9.17) is 0 Å². The van der Waals surface area contributed by atoms with Gasteiger partial charge in [0, 0.05) is 10.7 Å². The highest BCUT2D eigenvalue weighted by molar-refractivity contribution is 7.99. The van der Waals surface area contributed by atoms with E-state index < -0.39 is 4.92 Å². The van der Waals surface area contributed by atoms with E-state index in [0.717, 1.165) is 30.9 Å². The Bertz CT molecular complexity index is 481. The molecule has 0 aromatic rings. The molecule has 204 valence electrons. The molecular weight excluding hydrogens is 470 g/mol. The van der Waals surface area contributed by atoms with Crippen molar-refractivity contribution in [3.05, 3.63) is 22.8 Å². The van der Waals surface area contributed by atoms with Crippen molar-refractivity contribution in [3.63, 3.8) is 0 Å². The molecule has 0 saturated heterocycles. The summed E-state index contributed by atoms with van der Waals surface area (Å²) in [6.07, 6.45) is 9.84. The van der Waals surface area contributed by atoms with Crippen LogP contribution in [0.4, 0.5) is 0 Å². The number of nitrogens with zero attached hydrogens (tertiary/aromatic N) is 2. The maximum absolute atomic E-state index is 12.0. The second kappa shape index (κ2) is 31.9. The summed E-state index contributed by atoms with van der Waals surface area (Å²) in [5.74, 6) is 3.05. The molecule has 9 heteroatoms. The van der Waals surface area contributed by atoms with Crippen LogP contribution < -0.4 is 5.32 Å². The summed E-state index contributed by atoms with van der Waals surface area (Å²) < 4.78 is 0. The summed E-state index contributed by atoms with van der Waals surface area (Å²) in [5.41, 5.74) is 0. The van der Waals surface area contributed by atoms with Crippen LogP contribution in [0.15, 0.2) is 12.7 Å². The number of carbonyl (C=O) groups is 2. The number of thiol groups is 1. The normalized spacial score (nSPS) is 11.5. The monoisotopic (exact) mass is 523 g/mol. The predicted octanol–water partition coefficient (Wildman–Crippen LogP) is 5.62. The van der Waals surface area contributed by atoms with E-state index in [1.807, 2.05) is 25.8 Å². The van der Waals surface area contributed by atoms with Gasteiger partial charge < -0.3 is 10.1 Å². The van der Waals surface area contributed by atoms with Crippen LogP contribution >= 0.6 is 24.4 Å². The first-order chi connectivity index (χ1) is 16.2. The van der Waals surface area contributed by atoms with Gasteiger partial charge >= 0.3 is 0 Å². The second-order valence-electron chi connectivity index (χ2n) is 7.99. The molecule has 0 heterocycles. The number of nitrogens with one attached hydrogen (secondary N) is 1. The number of nitro groups is 1. The Balaban J connectivity index is -0.000000381. The molecule has 0 saturated carbocycles. The third-order valence-electron chi connectivity index (χ3n) is 4.48. The zero-order valence-electron chi connectivity index (χ0n) is 23.0. The topological polar surface area (TPSA) is 92.5 Å². The number of carbonyl (C=O) groups excluding carboxylic acids is 2. The minimum absolute atomic E-state index is 0.0584. The molecule has 1 amide bonds. The van der Waals surface area contributed by atoms with Crippen molar-refractivity contribution in [1.29, 1.82) is 0 Å². The molecule has 0 fully saturated rings. The van der Waals surface area contributed by atoms with Crippen LogP contribution in [0, 0.1) is 22.0 Å². The van der Waals surface area contributed by atoms with Gasteiger partial charge in [-0.15, -0.1) is 0 Å². The molecule has 0 spiro atoms. The molecule has 0 rings (SSSR count). The minimum Gasteiger partial charge on any atom is -0.345 e. The van der Waals surface area contributed by atoms with Crippen molar-refractivity contribution in [3.8, 4) is 0 Å². The van der Waals surface area contributed by atoms with Crippen LogP contribution in [-0.2, 0) is 9.59 Å². The molecule has 7 nitrogen and oxygen atoms in total. The zero-order chi connectivity index (χ0) is 27.4. The largest absolute Gasteiger partial charge is 0.345 e. The van der Waals surface area contributed by atoms with Gasteiger partial charge in [-0.25, -0.2) is 0 Å². The van der Waals surface area contributed by atoms with Crippen molar-refractivity contribution in [2.24, 2.45) is 11.8 Å². The first-order valence-electron chi connectivity index (χ1n) is 12.4. The van der Waals surface area contributed by atoms with Crippen LogP contribution in [0.3, 0.4) is 0 Å². The summed E-state index contributed by atoms with van der Waals surface area (Å²) >= 11 is 5.31. The number of unbranched alkanes of at least 4 members (excludes halogenated alkanes) is 1. The van der Waals surface area contributed by atoms with E-state index in [-0.39, 0.29) is 18.5 Å². The number of aldehydes is 1. The highest BCUT2D eigenvalue weighted by Gasteiger charge is 2.14. The number of likely N-dealkylation sites (N-methyl/N-ethyl adjacent to an activating group) is 1. The quantitative estimate of drug-likeness (QED) is 0.0845. The summed E-state index contributed by atoms with van der Waals surface area (Å²) in [6.45, 7) is 17.1. The maximum Gasteiger partial charge on any atom is 0.234 e. The summed E-state index contributed by atoms with van der Waals surface area (Å²) in [6, 6.07) is -0.371.